The molecule has 2 aromatic heterocycles. The number of nitrogens with zero attached hydrogens (tertiary/aromatic N) is 3. The topological polar surface area (TPSA) is 77.7 Å². The quantitative estimate of drug-likeness (QED) is 0.580. The summed E-state index contributed by atoms with van der Waals surface area (Å²) in [6.07, 6.45) is 2.65. The third kappa shape index (κ3) is 4.12. The van der Waals surface area contributed by atoms with Gasteiger partial charge in [-0.05, 0) is 36.4 Å². The lowest BCUT2D eigenvalue weighted by Crippen LogP contribution is -2.31. The fourth-order valence-corrected chi connectivity index (χ4v) is 4.35. The summed E-state index contributed by atoms with van der Waals surface area (Å²) in [5.74, 6) is 2.62. The third-order valence-corrected chi connectivity index (χ3v) is 6.00. The fourth-order valence-electron chi connectivity index (χ4n) is 3.70. The van der Waals surface area contributed by atoms with Gasteiger partial charge >= 0.3 is 0 Å². The van der Waals surface area contributed by atoms with Crippen molar-refractivity contribution in [2.75, 3.05) is 20.8 Å². The summed E-state index contributed by atoms with van der Waals surface area (Å²) in [5, 5.41) is 5.97. The van der Waals surface area contributed by atoms with Gasteiger partial charge in [-0.3, -0.25) is 4.79 Å². The summed E-state index contributed by atoms with van der Waals surface area (Å²) in [6.45, 7) is 0.739. The van der Waals surface area contributed by atoms with Crippen LogP contribution in [0.2, 0.25) is 0 Å². The lowest BCUT2D eigenvalue weighted by Gasteiger charge is -2.26. The smallest absolute Gasteiger partial charge is 0.227 e. The molecule has 1 amide bonds. The molecule has 0 spiro atoms. The number of hydrogen-bond acceptors (Lipinski definition) is 7. The molecular weight excluding hydrogens is 390 g/mol. The predicted octanol–water partition coefficient (Wildman–Crippen LogP) is 4.11. The summed E-state index contributed by atoms with van der Waals surface area (Å²) in [6, 6.07) is 9.65. The minimum atomic E-state index is 0.00715. The first-order valence-corrected chi connectivity index (χ1v) is 10.5. The Bertz CT molecular complexity index is 970. The average Bonchev–Trinajstić information content (AvgIpc) is 3.52. The van der Waals surface area contributed by atoms with Gasteiger partial charge in [0.1, 0.15) is 11.5 Å². The van der Waals surface area contributed by atoms with Gasteiger partial charge in [0.05, 0.1) is 25.1 Å². The largest absolute Gasteiger partial charge is 0.497 e. The van der Waals surface area contributed by atoms with Crippen LogP contribution in [0.3, 0.4) is 0 Å². The molecule has 4 rings (SSSR count). The number of carbonyl (C=O) groups excluding carboxylic acids is 1. The van der Waals surface area contributed by atoms with Gasteiger partial charge in [0.25, 0.3) is 0 Å². The van der Waals surface area contributed by atoms with Gasteiger partial charge in [0, 0.05) is 31.0 Å². The Labute approximate surface area is 173 Å². The SMILES string of the molecule is COc1ccc(C2CCCN2C(=O)CCc2nc(-c3cccs3)no2)c(OC)c1. The highest BCUT2D eigenvalue weighted by Gasteiger charge is 2.32. The molecule has 1 atom stereocenters. The van der Waals surface area contributed by atoms with Crippen LogP contribution < -0.4 is 9.47 Å². The zero-order valence-electron chi connectivity index (χ0n) is 16.5. The number of methoxy groups -OCH3 is 2. The second kappa shape index (κ2) is 8.65. The van der Waals surface area contributed by atoms with Crippen molar-refractivity contribution >= 4 is 17.2 Å². The lowest BCUT2D eigenvalue weighted by atomic mass is 10.0. The van der Waals surface area contributed by atoms with E-state index in [1.54, 1.807) is 25.6 Å². The van der Waals surface area contributed by atoms with Crippen LogP contribution in [0.4, 0.5) is 0 Å². The maximum Gasteiger partial charge on any atom is 0.227 e. The molecular formula is C21H23N3O4S. The van der Waals surface area contributed by atoms with E-state index >= 15 is 0 Å². The molecule has 1 aliphatic rings. The molecule has 29 heavy (non-hydrogen) atoms. The zero-order valence-corrected chi connectivity index (χ0v) is 17.3. The van der Waals surface area contributed by atoms with E-state index in [4.69, 9.17) is 14.0 Å². The molecule has 7 nitrogen and oxygen atoms in total. The number of carbonyl (C=O) groups is 1. The number of thiophene rings is 1. The normalized spacial score (nSPS) is 16.2. The molecule has 0 aliphatic carbocycles. The maximum absolute atomic E-state index is 12.9. The first-order valence-electron chi connectivity index (χ1n) is 9.57. The molecule has 1 unspecified atom stereocenters. The number of rotatable bonds is 7. The Morgan fingerprint density at radius 1 is 1.31 bits per heavy atom. The van der Waals surface area contributed by atoms with Crippen LogP contribution in [0.1, 0.15) is 36.8 Å². The summed E-state index contributed by atoms with van der Waals surface area (Å²) < 4.78 is 16.1. The Kier molecular flexibility index (Phi) is 5.80. The molecule has 3 heterocycles. The zero-order chi connectivity index (χ0) is 20.2. The number of likely N-dealkylation sites (tertiary alicyclic amines) is 1. The highest BCUT2D eigenvalue weighted by atomic mass is 32.1. The monoisotopic (exact) mass is 413 g/mol. The minimum Gasteiger partial charge on any atom is -0.497 e. The minimum absolute atomic E-state index is 0.00715. The summed E-state index contributed by atoms with van der Waals surface area (Å²) >= 11 is 1.56. The van der Waals surface area contributed by atoms with E-state index in [9.17, 15) is 4.79 Å². The van der Waals surface area contributed by atoms with Crippen LogP contribution in [-0.2, 0) is 11.2 Å². The van der Waals surface area contributed by atoms with Crippen molar-refractivity contribution in [3.8, 4) is 22.2 Å². The molecule has 0 N–H and O–H groups in total. The molecule has 0 radical (unpaired) electrons. The summed E-state index contributed by atoms with van der Waals surface area (Å²) in [4.78, 5) is 20.2. The number of ether oxygens (including phenoxy) is 2. The van der Waals surface area contributed by atoms with Crippen LogP contribution >= 0.6 is 11.3 Å². The molecule has 3 aromatic rings. The number of aromatic nitrogens is 2. The summed E-state index contributed by atoms with van der Waals surface area (Å²) in [5.41, 5.74) is 1.01. The average molecular weight is 413 g/mol. The van der Waals surface area contributed by atoms with E-state index in [1.165, 1.54) is 0 Å². The van der Waals surface area contributed by atoms with Gasteiger partial charge in [-0.2, -0.15) is 4.98 Å². The van der Waals surface area contributed by atoms with E-state index in [-0.39, 0.29) is 11.9 Å². The van der Waals surface area contributed by atoms with Crippen LogP contribution in [-0.4, -0.2) is 41.7 Å². The van der Waals surface area contributed by atoms with E-state index in [1.807, 2.05) is 40.6 Å². The lowest BCUT2D eigenvalue weighted by molar-refractivity contribution is -0.132. The van der Waals surface area contributed by atoms with Gasteiger partial charge in [-0.15, -0.1) is 11.3 Å². The molecule has 1 saturated heterocycles. The first kappa shape index (κ1) is 19.4. The number of amides is 1. The molecule has 1 aliphatic heterocycles. The second-order valence-corrected chi connectivity index (χ2v) is 7.79. The second-order valence-electron chi connectivity index (χ2n) is 6.84. The number of hydrogen-bond donors (Lipinski definition) is 0. The Hall–Kier alpha value is -2.87. The van der Waals surface area contributed by atoms with Crippen molar-refractivity contribution in [3.63, 3.8) is 0 Å². The van der Waals surface area contributed by atoms with Crippen LogP contribution in [0, 0.1) is 0 Å². The Morgan fingerprint density at radius 3 is 2.97 bits per heavy atom. The highest BCUT2D eigenvalue weighted by molar-refractivity contribution is 7.13. The van der Waals surface area contributed by atoms with E-state index in [0.717, 1.165) is 41.3 Å². The van der Waals surface area contributed by atoms with Gasteiger partial charge in [0.15, 0.2) is 0 Å². The Balaban J connectivity index is 1.43. The molecule has 0 saturated carbocycles. The third-order valence-electron chi connectivity index (χ3n) is 5.14. The van der Waals surface area contributed by atoms with Crippen molar-refractivity contribution < 1.29 is 18.8 Å². The van der Waals surface area contributed by atoms with Crippen LogP contribution in [0.5, 0.6) is 11.5 Å². The predicted molar refractivity (Wildman–Crippen MR) is 109 cm³/mol. The van der Waals surface area contributed by atoms with E-state index < -0.39 is 0 Å². The van der Waals surface area contributed by atoms with Crippen LogP contribution in [0.25, 0.3) is 10.7 Å². The molecule has 1 fully saturated rings. The van der Waals surface area contributed by atoms with E-state index in [0.29, 0.717) is 24.6 Å². The van der Waals surface area contributed by atoms with Gasteiger partial charge in [-0.1, -0.05) is 11.2 Å². The van der Waals surface area contributed by atoms with Crippen LogP contribution in [0.15, 0.2) is 40.2 Å². The van der Waals surface area contributed by atoms with Gasteiger partial charge in [0.2, 0.25) is 17.6 Å². The Morgan fingerprint density at radius 2 is 2.21 bits per heavy atom. The fraction of sp³-hybridized carbons (Fsp3) is 0.381. The molecule has 152 valence electrons. The number of benzene rings is 1. The van der Waals surface area contributed by atoms with Crippen molar-refractivity contribution in [1.82, 2.24) is 15.0 Å². The van der Waals surface area contributed by atoms with Gasteiger partial charge < -0.3 is 18.9 Å². The molecule has 0 bridgehead atoms. The number of aryl methyl sites for hydroxylation is 1. The van der Waals surface area contributed by atoms with Crippen molar-refractivity contribution in [2.24, 2.45) is 0 Å². The standard InChI is InChI=1S/C21H23N3O4S/c1-26-14-7-8-15(17(13-14)27-2)16-5-3-11-24(16)20(25)10-9-19-22-21(23-28-19)18-6-4-12-29-18/h4,6-8,12-13,16H,3,5,9-11H2,1-2H3. The van der Waals surface area contributed by atoms with Gasteiger partial charge in [-0.25, -0.2) is 0 Å². The molecule has 8 heteroatoms. The van der Waals surface area contributed by atoms with E-state index in [2.05, 4.69) is 10.1 Å². The summed E-state index contributed by atoms with van der Waals surface area (Å²) in [7, 11) is 3.27. The van der Waals surface area contributed by atoms with Crippen molar-refractivity contribution in [1.29, 1.82) is 0 Å². The maximum atomic E-state index is 12.9. The first-order chi connectivity index (χ1) is 14.2. The van der Waals surface area contributed by atoms with Crippen molar-refractivity contribution in [2.45, 2.75) is 31.7 Å². The highest BCUT2D eigenvalue weighted by Crippen LogP contribution is 2.39. The molecule has 1 aromatic carbocycles. The van der Waals surface area contributed by atoms with Crippen molar-refractivity contribution in [3.05, 3.63) is 47.2 Å².